The Morgan fingerprint density at radius 1 is 1.15 bits per heavy atom. The van der Waals surface area contributed by atoms with Crippen molar-refractivity contribution in [1.82, 2.24) is 15.5 Å². The van der Waals surface area contributed by atoms with Crippen LogP contribution in [0.4, 0.5) is 4.79 Å². The first-order valence-corrected chi connectivity index (χ1v) is 9.91. The number of hydrogen-bond donors (Lipinski definition) is 2. The Hall–Kier alpha value is -2.37. The highest BCUT2D eigenvalue weighted by atomic mass is 16.2. The molecule has 6 heteroatoms. The molecule has 2 fully saturated rings. The summed E-state index contributed by atoms with van der Waals surface area (Å²) in [7, 11) is 0. The molecule has 0 bridgehead atoms. The molecule has 2 aliphatic rings. The first-order chi connectivity index (χ1) is 12.9. The van der Waals surface area contributed by atoms with Gasteiger partial charge in [0.15, 0.2) is 0 Å². The Kier molecular flexibility index (Phi) is 5.82. The van der Waals surface area contributed by atoms with Gasteiger partial charge < -0.3 is 10.6 Å². The van der Waals surface area contributed by atoms with Crippen molar-refractivity contribution in [3.05, 3.63) is 35.4 Å². The maximum atomic E-state index is 13.0. The van der Waals surface area contributed by atoms with Crippen LogP contribution in [0.2, 0.25) is 0 Å². The van der Waals surface area contributed by atoms with E-state index in [2.05, 4.69) is 10.6 Å². The largest absolute Gasteiger partial charge is 0.352 e. The van der Waals surface area contributed by atoms with Crippen LogP contribution in [0, 0.1) is 6.92 Å². The van der Waals surface area contributed by atoms with Gasteiger partial charge in [0.2, 0.25) is 5.91 Å². The Labute approximate surface area is 160 Å². The summed E-state index contributed by atoms with van der Waals surface area (Å²) >= 11 is 0. The van der Waals surface area contributed by atoms with E-state index in [1.807, 2.05) is 31.2 Å². The van der Waals surface area contributed by atoms with Crippen LogP contribution in [-0.2, 0) is 15.1 Å². The van der Waals surface area contributed by atoms with Crippen molar-refractivity contribution in [2.75, 3.05) is 6.54 Å². The lowest BCUT2D eigenvalue weighted by molar-refractivity contribution is -0.135. The van der Waals surface area contributed by atoms with Crippen molar-refractivity contribution in [2.24, 2.45) is 0 Å². The highest BCUT2D eigenvalue weighted by Gasteiger charge is 2.50. The predicted molar refractivity (Wildman–Crippen MR) is 103 cm³/mol. The SMILES string of the molecule is Cc1ccccc1C1(C)NC(=O)N(CC(=O)NC2CCCCCCC2)C1=O. The highest BCUT2D eigenvalue weighted by molar-refractivity contribution is 6.09. The molecule has 1 aliphatic heterocycles. The number of hydrogen-bond acceptors (Lipinski definition) is 3. The maximum absolute atomic E-state index is 13.0. The van der Waals surface area contributed by atoms with Crippen LogP contribution in [0.25, 0.3) is 0 Å². The summed E-state index contributed by atoms with van der Waals surface area (Å²) in [4.78, 5) is 38.9. The second kappa shape index (κ2) is 8.11. The lowest BCUT2D eigenvalue weighted by Gasteiger charge is -2.24. The van der Waals surface area contributed by atoms with Gasteiger partial charge in [-0.2, -0.15) is 0 Å². The van der Waals surface area contributed by atoms with E-state index < -0.39 is 11.6 Å². The third-order valence-electron chi connectivity index (χ3n) is 5.73. The fraction of sp³-hybridized carbons (Fsp3) is 0.571. The van der Waals surface area contributed by atoms with E-state index >= 15 is 0 Å². The molecule has 4 amide bonds. The van der Waals surface area contributed by atoms with Gasteiger partial charge in [0.1, 0.15) is 12.1 Å². The van der Waals surface area contributed by atoms with E-state index in [-0.39, 0.29) is 24.4 Å². The Balaban J connectivity index is 1.66. The molecule has 0 aromatic heterocycles. The minimum atomic E-state index is -1.14. The van der Waals surface area contributed by atoms with Crippen molar-refractivity contribution in [2.45, 2.75) is 70.4 Å². The standard InChI is InChI=1S/C21H29N3O3/c1-15-10-8-9-13-17(15)21(2)19(26)24(20(27)23-21)14-18(25)22-16-11-6-4-3-5-7-12-16/h8-10,13,16H,3-7,11-12,14H2,1-2H3,(H,22,25)(H,23,27). The number of amides is 4. The van der Waals surface area contributed by atoms with Crippen molar-refractivity contribution in [3.63, 3.8) is 0 Å². The van der Waals surface area contributed by atoms with Crippen LogP contribution in [0.3, 0.4) is 0 Å². The van der Waals surface area contributed by atoms with Crippen molar-refractivity contribution in [3.8, 4) is 0 Å². The summed E-state index contributed by atoms with van der Waals surface area (Å²) in [6.07, 6.45) is 7.82. The third-order valence-corrected chi connectivity index (χ3v) is 5.73. The fourth-order valence-electron chi connectivity index (χ4n) is 4.17. The molecule has 146 valence electrons. The zero-order valence-electron chi connectivity index (χ0n) is 16.2. The summed E-state index contributed by atoms with van der Waals surface area (Å²) in [5.41, 5.74) is 0.545. The van der Waals surface area contributed by atoms with Crippen LogP contribution >= 0.6 is 0 Å². The smallest absolute Gasteiger partial charge is 0.325 e. The van der Waals surface area contributed by atoms with E-state index in [9.17, 15) is 14.4 Å². The molecule has 2 N–H and O–H groups in total. The normalized spacial score (nSPS) is 24.3. The second-order valence-corrected chi connectivity index (χ2v) is 7.87. The van der Waals surface area contributed by atoms with Gasteiger partial charge in [0.25, 0.3) is 5.91 Å². The van der Waals surface area contributed by atoms with Crippen LogP contribution in [0.1, 0.15) is 63.0 Å². The molecule has 0 spiro atoms. The topological polar surface area (TPSA) is 78.5 Å². The van der Waals surface area contributed by atoms with Crippen molar-refractivity contribution >= 4 is 17.8 Å². The molecule has 1 saturated carbocycles. The average Bonchev–Trinajstić information content (AvgIpc) is 2.81. The molecular formula is C21H29N3O3. The molecule has 1 heterocycles. The third kappa shape index (κ3) is 4.15. The number of benzene rings is 1. The van der Waals surface area contributed by atoms with E-state index in [1.165, 1.54) is 19.3 Å². The van der Waals surface area contributed by atoms with Gasteiger partial charge in [-0.25, -0.2) is 4.79 Å². The monoisotopic (exact) mass is 371 g/mol. The zero-order chi connectivity index (χ0) is 19.4. The molecular weight excluding hydrogens is 342 g/mol. The molecule has 1 aliphatic carbocycles. The Morgan fingerprint density at radius 3 is 2.44 bits per heavy atom. The fourth-order valence-corrected chi connectivity index (χ4v) is 4.17. The van der Waals surface area contributed by atoms with Crippen LogP contribution < -0.4 is 10.6 Å². The summed E-state index contributed by atoms with van der Waals surface area (Å²) in [5, 5.41) is 5.79. The van der Waals surface area contributed by atoms with Crippen molar-refractivity contribution < 1.29 is 14.4 Å². The van der Waals surface area contributed by atoms with Gasteiger partial charge in [-0.05, 0) is 37.8 Å². The average molecular weight is 371 g/mol. The predicted octanol–water partition coefficient (Wildman–Crippen LogP) is 2.99. The van der Waals surface area contributed by atoms with E-state index in [4.69, 9.17) is 0 Å². The van der Waals surface area contributed by atoms with Gasteiger partial charge in [-0.1, -0.05) is 56.4 Å². The number of urea groups is 1. The van der Waals surface area contributed by atoms with Gasteiger partial charge in [-0.3, -0.25) is 14.5 Å². The molecule has 1 aromatic carbocycles. The Bertz CT molecular complexity index is 725. The van der Waals surface area contributed by atoms with Gasteiger partial charge in [0.05, 0.1) is 0 Å². The summed E-state index contributed by atoms with van der Waals surface area (Å²) in [5.74, 6) is -0.646. The number of nitrogens with zero attached hydrogens (tertiary/aromatic N) is 1. The number of rotatable bonds is 4. The van der Waals surface area contributed by atoms with Crippen LogP contribution in [0.15, 0.2) is 24.3 Å². The number of imide groups is 1. The molecule has 6 nitrogen and oxygen atoms in total. The van der Waals surface area contributed by atoms with Gasteiger partial charge in [0, 0.05) is 6.04 Å². The molecule has 1 aromatic rings. The molecule has 1 unspecified atom stereocenters. The number of aryl methyl sites for hydroxylation is 1. The summed E-state index contributed by atoms with van der Waals surface area (Å²) in [6.45, 7) is 3.37. The van der Waals surface area contributed by atoms with Gasteiger partial charge in [-0.15, -0.1) is 0 Å². The first-order valence-electron chi connectivity index (χ1n) is 9.91. The maximum Gasteiger partial charge on any atom is 0.325 e. The summed E-state index contributed by atoms with van der Waals surface area (Å²) in [6, 6.07) is 7.11. The number of carbonyl (C=O) groups is 3. The van der Waals surface area contributed by atoms with Crippen LogP contribution in [-0.4, -0.2) is 35.3 Å². The Morgan fingerprint density at radius 2 is 1.78 bits per heavy atom. The molecule has 27 heavy (non-hydrogen) atoms. The number of carbonyl (C=O) groups excluding carboxylic acids is 3. The van der Waals surface area contributed by atoms with E-state index in [1.54, 1.807) is 6.92 Å². The highest BCUT2D eigenvalue weighted by Crippen LogP contribution is 2.30. The zero-order valence-corrected chi connectivity index (χ0v) is 16.2. The lowest BCUT2D eigenvalue weighted by Crippen LogP contribution is -2.45. The van der Waals surface area contributed by atoms with E-state index in [0.29, 0.717) is 0 Å². The molecule has 0 radical (unpaired) electrons. The minimum absolute atomic E-state index is 0.140. The van der Waals surface area contributed by atoms with Crippen LogP contribution in [0.5, 0.6) is 0 Å². The van der Waals surface area contributed by atoms with Gasteiger partial charge >= 0.3 is 6.03 Å². The van der Waals surface area contributed by atoms with E-state index in [0.717, 1.165) is 41.7 Å². The quantitative estimate of drug-likeness (QED) is 0.799. The second-order valence-electron chi connectivity index (χ2n) is 7.87. The minimum Gasteiger partial charge on any atom is -0.352 e. The lowest BCUT2D eigenvalue weighted by atomic mass is 9.88. The first kappa shape index (κ1) is 19.4. The number of nitrogens with one attached hydrogen (secondary N) is 2. The molecule has 3 rings (SSSR count). The summed E-state index contributed by atoms with van der Waals surface area (Å²) < 4.78 is 0. The van der Waals surface area contributed by atoms with Crippen molar-refractivity contribution in [1.29, 1.82) is 0 Å². The molecule has 1 atom stereocenters. The molecule has 1 saturated heterocycles.